The number of hydrogen-bond donors (Lipinski definition) is 0. The molecular weight excluding hydrogens is 464 g/mol. The summed E-state index contributed by atoms with van der Waals surface area (Å²) in [4.78, 5) is 15.2. The van der Waals surface area contributed by atoms with Crippen molar-refractivity contribution in [3.05, 3.63) is 84.2 Å². The van der Waals surface area contributed by atoms with Gasteiger partial charge in [-0.3, -0.25) is 4.79 Å². The summed E-state index contributed by atoms with van der Waals surface area (Å²) in [5.74, 6) is 1.43. The van der Waals surface area contributed by atoms with Crippen LogP contribution in [0.2, 0.25) is 0 Å². The van der Waals surface area contributed by atoms with E-state index in [1.807, 2.05) is 35.2 Å². The van der Waals surface area contributed by atoms with Gasteiger partial charge in [0.15, 0.2) is 5.16 Å². The van der Waals surface area contributed by atoms with Gasteiger partial charge in [0.05, 0.1) is 5.75 Å². The maximum atomic E-state index is 13.3. The van der Waals surface area contributed by atoms with E-state index in [0.29, 0.717) is 11.8 Å². The van der Waals surface area contributed by atoms with E-state index < -0.39 is 0 Å². The largest absolute Gasteiger partial charge is 0.309 e. The van der Waals surface area contributed by atoms with Gasteiger partial charge in [-0.05, 0) is 55.2 Å². The fourth-order valence-corrected chi connectivity index (χ4v) is 6.25. The second-order valence-electron chi connectivity index (χ2n) is 9.86. The van der Waals surface area contributed by atoms with Crippen LogP contribution in [0.4, 0.5) is 5.69 Å². The van der Waals surface area contributed by atoms with Gasteiger partial charge in [-0.2, -0.15) is 0 Å². The Morgan fingerprint density at radius 1 is 0.944 bits per heavy atom. The van der Waals surface area contributed by atoms with E-state index in [4.69, 9.17) is 0 Å². The van der Waals surface area contributed by atoms with Crippen LogP contribution < -0.4 is 4.90 Å². The van der Waals surface area contributed by atoms with Crippen LogP contribution in [0.15, 0.2) is 78.0 Å². The number of aromatic nitrogens is 3. The molecule has 1 aliphatic rings. The normalized spacial score (nSPS) is 14.4. The molecule has 1 aliphatic carbocycles. The van der Waals surface area contributed by atoms with Crippen molar-refractivity contribution in [3.8, 4) is 0 Å². The summed E-state index contributed by atoms with van der Waals surface area (Å²) in [6.07, 6.45) is 6.78. The standard InChI is InChI=1S/C30H34N4OS/c1-22(2)33(25-15-5-3-6-16-25)29(35)21-36-30-32-31-28(34(30)26-17-7-4-8-18-26)20-24-14-11-13-23-12-9-10-19-27(23)24/h3,5-6,9-16,19,22,26H,4,7-8,17-18,20-21H2,1-2H3. The van der Waals surface area contributed by atoms with Gasteiger partial charge in [0.2, 0.25) is 5.91 Å². The Labute approximate surface area is 217 Å². The van der Waals surface area contributed by atoms with Crippen molar-refractivity contribution < 1.29 is 4.79 Å². The highest BCUT2D eigenvalue weighted by Gasteiger charge is 2.25. The van der Waals surface area contributed by atoms with Crippen LogP contribution in [-0.4, -0.2) is 32.5 Å². The highest BCUT2D eigenvalue weighted by Crippen LogP contribution is 2.34. The number of para-hydroxylation sites is 1. The minimum atomic E-state index is 0.0821. The molecule has 3 aromatic carbocycles. The van der Waals surface area contributed by atoms with Gasteiger partial charge < -0.3 is 9.47 Å². The molecule has 4 aromatic rings. The first-order chi connectivity index (χ1) is 17.6. The Bertz CT molecular complexity index is 1310. The van der Waals surface area contributed by atoms with E-state index in [0.717, 1.165) is 35.9 Å². The maximum absolute atomic E-state index is 13.3. The van der Waals surface area contributed by atoms with Crippen molar-refractivity contribution in [2.24, 2.45) is 0 Å². The number of benzene rings is 3. The third kappa shape index (κ3) is 5.34. The summed E-state index contributed by atoms with van der Waals surface area (Å²) in [5, 5.41) is 12.7. The van der Waals surface area contributed by atoms with Crippen molar-refractivity contribution in [2.75, 3.05) is 10.7 Å². The van der Waals surface area contributed by atoms with Crippen molar-refractivity contribution in [2.45, 2.75) is 69.6 Å². The number of carbonyl (C=O) groups excluding carboxylic acids is 1. The van der Waals surface area contributed by atoms with Gasteiger partial charge in [-0.1, -0.05) is 91.7 Å². The summed E-state index contributed by atoms with van der Waals surface area (Å²) in [7, 11) is 0. The second kappa shape index (κ2) is 11.3. The third-order valence-corrected chi connectivity index (χ3v) is 7.98. The first-order valence-corrected chi connectivity index (χ1v) is 14.0. The zero-order valence-electron chi connectivity index (χ0n) is 21.1. The van der Waals surface area contributed by atoms with E-state index in [-0.39, 0.29) is 11.9 Å². The van der Waals surface area contributed by atoms with E-state index in [1.165, 1.54) is 47.4 Å². The number of thioether (sulfide) groups is 1. The molecule has 1 heterocycles. The van der Waals surface area contributed by atoms with Gasteiger partial charge in [0.25, 0.3) is 0 Å². The van der Waals surface area contributed by atoms with E-state index in [2.05, 4.69) is 71.1 Å². The van der Waals surface area contributed by atoms with Gasteiger partial charge in [0, 0.05) is 24.2 Å². The zero-order chi connectivity index (χ0) is 24.9. The summed E-state index contributed by atoms with van der Waals surface area (Å²) in [6.45, 7) is 4.12. The lowest BCUT2D eigenvalue weighted by Crippen LogP contribution is -2.38. The minimum absolute atomic E-state index is 0.0821. The first-order valence-electron chi connectivity index (χ1n) is 13.0. The molecule has 0 spiro atoms. The Morgan fingerprint density at radius 2 is 1.67 bits per heavy atom. The number of nitrogens with zero attached hydrogens (tertiary/aromatic N) is 4. The van der Waals surface area contributed by atoms with Crippen LogP contribution in [0, 0.1) is 0 Å². The molecule has 1 aromatic heterocycles. The van der Waals surface area contributed by atoms with Crippen molar-refractivity contribution >= 4 is 34.1 Å². The molecule has 186 valence electrons. The van der Waals surface area contributed by atoms with Gasteiger partial charge in [0.1, 0.15) is 5.82 Å². The highest BCUT2D eigenvalue weighted by molar-refractivity contribution is 7.99. The predicted molar refractivity (Wildman–Crippen MR) is 149 cm³/mol. The maximum Gasteiger partial charge on any atom is 0.237 e. The van der Waals surface area contributed by atoms with Crippen LogP contribution in [0.25, 0.3) is 10.8 Å². The molecule has 5 rings (SSSR count). The number of carbonyl (C=O) groups is 1. The quantitative estimate of drug-likeness (QED) is 0.244. The Hall–Kier alpha value is -3.12. The molecule has 0 atom stereocenters. The molecule has 1 saturated carbocycles. The highest BCUT2D eigenvalue weighted by atomic mass is 32.2. The minimum Gasteiger partial charge on any atom is -0.309 e. The summed E-state index contributed by atoms with van der Waals surface area (Å²) >= 11 is 1.52. The smallest absolute Gasteiger partial charge is 0.237 e. The van der Waals surface area contributed by atoms with Gasteiger partial charge in [-0.25, -0.2) is 0 Å². The van der Waals surface area contributed by atoms with E-state index >= 15 is 0 Å². The van der Waals surface area contributed by atoms with Crippen LogP contribution in [-0.2, 0) is 11.2 Å². The average molecular weight is 499 g/mol. The molecule has 0 N–H and O–H groups in total. The fraction of sp³-hybridized carbons (Fsp3) is 0.367. The van der Waals surface area contributed by atoms with Crippen LogP contribution in [0.5, 0.6) is 0 Å². The van der Waals surface area contributed by atoms with Crippen molar-refractivity contribution in [1.82, 2.24) is 14.8 Å². The van der Waals surface area contributed by atoms with Crippen LogP contribution >= 0.6 is 11.8 Å². The number of anilines is 1. The molecule has 36 heavy (non-hydrogen) atoms. The lowest BCUT2D eigenvalue weighted by Gasteiger charge is -2.27. The number of hydrogen-bond acceptors (Lipinski definition) is 4. The second-order valence-corrected chi connectivity index (χ2v) is 10.8. The number of fused-ring (bicyclic) bond motifs is 1. The number of amides is 1. The van der Waals surface area contributed by atoms with Crippen LogP contribution in [0.1, 0.15) is 63.4 Å². The van der Waals surface area contributed by atoms with Crippen molar-refractivity contribution in [3.63, 3.8) is 0 Å². The lowest BCUT2D eigenvalue weighted by atomic mass is 9.95. The Balaban J connectivity index is 1.41. The van der Waals surface area contributed by atoms with E-state index in [1.54, 1.807) is 0 Å². The third-order valence-electron chi connectivity index (χ3n) is 7.05. The molecule has 0 unspecified atom stereocenters. The van der Waals surface area contributed by atoms with Gasteiger partial charge in [-0.15, -0.1) is 10.2 Å². The molecule has 0 saturated heterocycles. The molecular formula is C30H34N4OS. The van der Waals surface area contributed by atoms with Crippen LogP contribution in [0.3, 0.4) is 0 Å². The molecule has 0 bridgehead atoms. The van der Waals surface area contributed by atoms with E-state index in [9.17, 15) is 4.79 Å². The van der Waals surface area contributed by atoms with Crippen molar-refractivity contribution in [1.29, 1.82) is 0 Å². The monoisotopic (exact) mass is 498 g/mol. The fourth-order valence-electron chi connectivity index (χ4n) is 5.36. The summed E-state index contributed by atoms with van der Waals surface area (Å²) in [5.41, 5.74) is 2.20. The topological polar surface area (TPSA) is 51.0 Å². The number of rotatable bonds is 8. The first kappa shape index (κ1) is 24.6. The lowest BCUT2D eigenvalue weighted by molar-refractivity contribution is -0.116. The molecule has 6 heteroatoms. The summed E-state index contributed by atoms with van der Waals surface area (Å²) < 4.78 is 2.35. The van der Waals surface area contributed by atoms with Gasteiger partial charge >= 0.3 is 0 Å². The molecule has 1 fully saturated rings. The Morgan fingerprint density at radius 3 is 2.44 bits per heavy atom. The SMILES string of the molecule is CC(C)N(C(=O)CSc1nnc(Cc2cccc3ccccc23)n1C1CCCCC1)c1ccccc1. The molecule has 0 radical (unpaired) electrons. The summed E-state index contributed by atoms with van der Waals surface area (Å²) in [6, 6.07) is 25.4. The Kier molecular flexibility index (Phi) is 7.71. The predicted octanol–water partition coefficient (Wildman–Crippen LogP) is 7.06. The average Bonchev–Trinajstić information content (AvgIpc) is 3.31. The zero-order valence-corrected chi connectivity index (χ0v) is 22.0. The molecule has 1 amide bonds. The molecule has 5 nitrogen and oxygen atoms in total. The molecule has 0 aliphatic heterocycles.